The monoisotopic (exact) mass is 310 g/mol. The number of rotatable bonds is 4. The smallest absolute Gasteiger partial charge is 0.0575 e. The van der Waals surface area contributed by atoms with Gasteiger partial charge in [-0.25, -0.2) is 0 Å². The van der Waals surface area contributed by atoms with Crippen molar-refractivity contribution in [1.82, 2.24) is 0 Å². The summed E-state index contributed by atoms with van der Waals surface area (Å²) in [4.78, 5) is 0. The summed E-state index contributed by atoms with van der Waals surface area (Å²) in [6.45, 7) is 12.6. The van der Waals surface area contributed by atoms with E-state index in [1.165, 1.54) is 38.5 Å². The topological polar surface area (TPSA) is 29.5 Å². The molecule has 0 aromatic carbocycles. The molecule has 2 aliphatic rings. The van der Waals surface area contributed by atoms with Crippen molar-refractivity contribution in [3.63, 3.8) is 0 Å². The van der Waals surface area contributed by atoms with E-state index in [0.717, 1.165) is 25.4 Å². The molecule has 2 aliphatic carbocycles. The van der Waals surface area contributed by atoms with Gasteiger partial charge in [0.05, 0.1) is 18.8 Å². The van der Waals surface area contributed by atoms with Crippen molar-refractivity contribution in [2.45, 2.75) is 98.2 Å². The van der Waals surface area contributed by atoms with Crippen LogP contribution in [0.2, 0.25) is 0 Å². The van der Waals surface area contributed by atoms with Crippen molar-refractivity contribution in [3.05, 3.63) is 0 Å². The first-order chi connectivity index (χ1) is 10.2. The van der Waals surface area contributed by atoms with Crippen LogP contribution in [0.15, 0.2) is 0 Å². The summed E-state index contributed by atoms with van der Waals surface area (Å²) < 4.78 is 6.32. The minimum atomic E-state index is -0.0831. The van der Waals surface area contributed by atoms with Crippen LogP contribution < -0.4 is 0 Å². The van der Waals surface area contributed by atoms with Crippen LogP contribution in [0.3, 0.4) is 0 Å². The van der Waals surface area contributed by atoms with Gasteiger partial charge in [-0.15, -0.1) is 0 Å². The second-order valence-electron chi connectivity index (χ2n) is 9.66. The van der Waals surface area contributed by atoms with Crippen molar-refractivity contribution in [3.8, 4) is 0 Å². The highest BCUT2D eigenvalue weighted by molar-refractivity contribution is 4.85. The van der Waals surface area contributed by atoms with Crippen LogP contribution in [-0.4, -0.2) is 23.9 Å². The molecule has 1 N–H and O–H groups in total. The predicted octanol–water partition coefficient (Wildman–Crippen LogP) is 5.19. The van der Waals surface area contributed by atoms with Gasteiger partial charge in [-0.2, -0.15) is 0 Å². The van der Waals surface area contributed by atoms with Crippen molar-refractivity contribution >= 4 is 0 Å². The maximum absolute atomic E-state index is 9.92. The minimum Gasteiger partial charge on any atom is -0.393 e. The maximum atomic E-state index is 9.92. The van der Waals surface area contributed by atoms with Gasteiger partial charge in [0, 0.05) is 0 Å². The Morgan fingerprint density at radius 2 is 1.50 bits per heavy atom. The van der Waals surface area contributed by atoms with E-state index in [-0.39, 0.29) is 11.5 Å². The SMILES string of the molecule is CC(C)(C)C1CCC(OCC(C)(C)C2CCCC(O)C2)CC1. The van der Waals surface area contributed by atoms with Crippen molar-refractivity contribution in [2.75, 3.05) is 6.61 Å². The molecule has 0 aromatic rings. The largest absolute Gasteiger partial charge is 0.393 e. The fourth-order valence-corrected chi connectivity index (χ4v) is 4.42. The molecule has 2 saturated carbocycles. The van der Waals surface area contributed by atoms with Gasteiger partial charge >= 0.3 is 0 Å². The van der Waals surface area contributed by atoms with Crippen molar-refractivity contribution in [1.29, 1.82) is 0 Å². The van der Waals surface area contributed by atoms with E-state index >= 15 is 0 Å². The molecule has 0 heterocycles. The quantitative estimate of drug-likeness (QED) is 0.774. The molecule has 2 fully saturated rings. The summed E-state index contributed by atoms with van der Waals surface area (Å²) >= 11 is 0. The van der Waals surface area contributed by atoms with E-state index < -0.39 is 0 Å². The molecule has 2 rings (SSSR count). The van der Waals surface area contributed by atoms with Gasteiger partial charge in [0.25, 0.3) is 0 Å². The average Bonchev–Trinajstić information content (AvgIpc) is 2.45. The molecular formula is C20H38O2. The number of aliphatic hydroxyl groups is 1. The van der Waals surface area contributed by atoms with Gasteiger partial charge in [0.1, 0.15) is 0 Å². The van der Waals surface area contributed by atoms with Crippen LogP contribution in [0, 0.1) is 22.7 Å². The third kappa shape index (κ3) is 4.96. The molecule has 130 valence electrons. The predicted molar refractivity (Wildman–Crippen MR) is 92.9 cm³/mol. The second-order valence-corrected chi connectivity index (χ2v) is 9.66. The van der Waals surface area contributed by atoms with E-state index in [2.05, 4.69) is 34.6 Å². The highest BCUT2D eigenvalue weighted by atomic mass is 16.5. The number of hydrogen-bond donors (Lipinski definition) is 1. The molecule has 2 unspecified atom stereocenters. The standard InChI is InChI=1S/C20H38O2/c1-19(2,3)15-9-11-18(12-10-15)22-14-20(4,5)16-7-6-8-17(21)13-16/h15-18,21H,6-14H2,1-5H3. The molecule has 0 amide bonds. The third-order valence-electron chi connectivity index (χ3n) is 6.34. The Bertz CT molecular complexity index is 334. The summed E-state index contributed by atoms with van der Waals surface area (Å²) in [5.74, 6) is 1.47. The van der Waals surface area contributed by atoms with Crippen LogP contribution in [0.1, 0.15) is 86.0 Å². The summed E-state index contributed by atoms with van der Waals surface area (Å²) in [6.07, 6.45) is 9.85. The molecule has 2 heteroatoms. The lowest BCUT2D eigenvalue weighted by atomic mass is 9.70. The lowest BCUT2D eigenvalue weighted by molar-refractivity contribution is -0.0591. The third-order valence-corrected chi connectivity index (χ3v) is 6.34. The highest BCUT2D eigenvalue weighted by Gasteiger charge is 2.35. The Morgan fingerprint density at radius 1 is 0.864 bits per heavy atom. The zero-order valence-electron chi connectivity index (χ0n) is 15.5. The van der Waals surface area contributed by atoms with Gasteiger partial charge < -0.3 is 9.84 Å². The molecule has 0 spiro atoms. The average molecular weight is 311 g/mol. The molecule has 2 nitrogen and oxygen atoms in total. The summed E-state index contributed by atoms with van der Waals surface area (Å²) in [6, 6.07) is 0. The van der Waals surface area contributed by atoms with Gasteiger partial charge in [0.15, 0.2) is 0 Å². The van der Waals surface area contributed by atoms with Gasteiger partial charge in [0.2, 0.25) is 0 Å². The number of aliphatic hydroxyl groups excluding tert-OH is 1. The fourth-order valence-electron chi connectivity index (χ4n) is 4.42. The molecule has 22 heavy (non-hydrogen) atoms. The lowest BCUT2D eigenvalue weighted by Crippen LogP contribution is -2.37. The Hall–Kier alpha value is -0.0800. The molecule has 0 saturated heterocycles. The molecule has 0 radical (unpaired) electrons. The van der Waals surface area contributed by atoms with E-state index in [1.807, 2.05) is 0 Å². The normalized spacial score (nSPS) is 34.6. The summed E-state index contributed by atoms with van der Waals surface area (Å²) in [7, 11) is 0. The molecule has 0 aliphatic heterocycles. The van der Waals surface area contributed by atoms with E-state index in [0.29, 0.717) is 17.4 Å². The Balaban J connectivity index is 1.76. The van der Waals surface area contributed by atoms with Crippen LogP contribution in [-0.2, 0) is 4.74 Å². The first kappa shape index (κ1) is 18.3. The first-order valence-corrected chi connectivity index (χ1v) is 9.48. The Labute approximate surface area is 138 Å². The Morgan fingerprint density at radius 3 is 2.05 bits per heavy atom. The van der Waals surface area contributed by atoms with Crippen molar-refractivity contribution in [2.24, 2.45) is 22.7 Å². The van der Waals surface area contributed by atoms with Crippen LogP contribution in [0.5, 0.6) is 0 Å². The molecule has 0 aromatic heterocycles. The van der Waals surface area contributed by atoms with E-state index in [1.54, 1.807) is 0 Å². The molecule has 0 bridgehead atoms. The van der Waals surface area contributed by atoms with Gasteiger partial charge in [-0.05, 0) is 67.6 Å². The van der Waals surface area contributed by atoms with Gasteiger partial charge in [-0.1, -0.05) is 41.0 Å². The van der Waals surface area contributed by atoms with Crippen LogP contribution in [0.4, 0.5) is 0 Å². The second kappa shape index (κ2) is 7.21. The fraction of sp³-hybridized carbons (Fsp3) is 1.00. The first-order valence-electron chi connectivity index (χ1n) is 9.48. The van der Waals surface area contributed by atoms with Crippen LogP contribution in [0.25, 0.3) is 0 Å². The Kier molecular flexibility index (Phi) is 5.99. The number of ether oxygens (including phenoxy) is 1. The zero-order chi connectivity index (χ0) is 16.4. The summed E-state index contributed by atoms with van der Waals surface area (Å²) in [5, 5.41) is 9.92. The van der Waals surface area contributed by atoms with E-state index in [4.69, 9.17) is 4.74 Å². The minimum absolute atomic E-state index is 0.0831. The molecular weight excluding hydrogens is 272 g/mol. The summed E-state index contributed by atoms with van der Waals surface area (Å²) in [5.41, 5.74) is 0.644. The molecule has 2 atom stereocenters. The lowest BCUT2D eigenvalue weighted by Gasteiger charge is -2.41. The highest BCUT2D eigenvalue weighted by Crippen LogP contribution is 2.41. The van der Waals surface area contributed by atoms with Gasteiger partial charge in [-0.3, -0.25) is 0 Å². The van der Waals surface area contributed by atoms with Crippen LogP contribution >= 0.6 is 0 Å². The van der Waals surface area contributed by atoms with E-state index in [9.17, 15) is 5.11 Å². The van der Waals surface area contributed by atoms with Crippen molar-refractivity contribution < 1.29 is 9.84 Å². The zero-order valence-corrected chi connectivity index (χ0v) is 15.5. The maximum Gasteiger partial charge on any atom is 0.0575 e. The number of hydrogen-bond acceptors (Lipinski definition) is 2.